The summed E-state index contributed by atoms with van der Waals surface area (Å²) in [4.78, 5) is 0. The average Bonchev–Trinajstić information content (AvgIpc) is 2.67. The van der Waals surface area contributed by atoms with Crippen LogP contribution in [0.1, 0.15) is 63.6 Å². The Morgan fingerprint density at radius 2 is 1.67 bits per heavy atom. The van der Waals surface area contributed by atoms with Crippen molar-refractivity contribution in [2.75, 3.05) is 0 Å². The van der Waals surface area contributed by atoms with Gasteiger partial charge in [0.15, 0.2) is 0 Å². The topological polar surface area (TPSA) is 26.0 Å². The van der Waals surface area contributed by atoms with E-state index in [-0.39, 0.29) is 0 Å². The summed E-state index contributed by atoms with van der Waals surface area (Å²) in [5, 5.41) is 4.04. The molecule has 0 saturated heterocycles. The minimum absolute atomic E-state index is 1.06. The maximum absolute atomic E-state index is 4.93. The summed E-state index contributed by atoms with van der Waals surface area (Å²) in [5.74, 6) is 0. The van der Waals surface area contributed by atoms with Crippen LogP contribution in [0.3, 0.4) is 0 Å². The Morgan fingerprint density at radius 3 is 2.33 bits per heavy atom. The molecule has 0 bridgehead atoms. The molecule has 0 aliphatic rings. The van der Waals surface area contributed by atoms with E-state index in [1.807, 2.05) is 0 Å². The van der Waals surface area contributed by atoms with Gasteiger partial charge in [0.1, 0.15) is 0 Å². The molecule has 0 aromatic carbocycles. The summed E-state index contributed by atoms with van der Waals surface area (Å²) < 4.78 is 4.93. The quantitative estimate of drug-likeness (QED) is 0.605. The summed E-state index contributed by atoms with van der Waals surface area (Å²) in [6.07, 6.45) is 12.6. The summed E-state index contributed by atoms with van der Waals surface area (Å²) in [5.41, 5.74) is 2.35. The van der Waals surface area contributed by atoms with Gasteiger partial charge in [-0.2, -0.15) is 0 Å². The van der Waals surface area contributed by atoms with Crippen molar-refractivity contribution in [3.05, 3.63) is 17.5 Å². The number of hydrogen-bond acceptors (Lipinski definition) is 2. The van der Waals surface area contributed by atoms with Crippen LogP contribution in [0.25, 0.3) is 0 Å². The number of rotatable bonds is 8. The molecule has 0 amide bonds. The Labute approximate surface area is 93.0 Å². The van der Waals surface area contributed by atoms with E-state index >= 15 is 0 Å². The van der Waals surface area contributed by atoms with Crippen LogP contribution < -0.4 is 0 Å². The molecule has 0 saturated carbocycles. The highest BCUT2D eigenvalue weighted by atomic mass is 16.5. The van der Waals surface area contributed by atoms with Gasteiger partial charge >= 0.3 is 0 Å². The van der Waals surface area contributed by atoms with Crippen molar-refractivity contribution in [3.63, 3.8) is 0 Å². The van der Waals surface area contributed by atoms with Gasteiger partial charge < -0.3 is 4.52 Å². The third-order valence-corrected chi connectivity index (χ3v) is 2.72. The molecule has 0 aliphatic heterocycles. The number of hydrogen-bond donors (Lipinski definition) is 0. The van der Waals surface area contributed by atoms with Crippen LogP contribution in [-0.4, -0.2) is 5.16 Å². The zero-order valence-corrected chi connectivity index (χ0v) is 10.0. The molecule has 0 spiro atoms. The summed E-state index contributed by atoms with van der Waals surface area (Å²) in [6, 6.07) is 0. The first-order valence-electron chi connectivity index (χ1n) is 6.23. The molecule has 1 rings (SSSR count). The van der Waals surface area contributed by atoms with Crippen LogP contribution in [0.4, 0.5) is 0 Å². The van der Waals surface area contributed by atoms with Crippen molar-refractivity contribution < 1.29 is 4.52 Å². The van der Waals surface area contributed by atoms with Crippen LogP contribution in [0, 0.1) is 6.26 Å². The summed E-state index contributed by atoms with van der Waals surface area (Å²) >= 11 is 0. The van der Waals surface area contributed by atoms with E-state index in [2.05, 4.69) is 25.3 Å². The second-order valence-corrected chi connectivity index (χ2v) is 4.12. The fourth-order valence-corrected chi connectivity index (χ4v) is 1.73. The Morgan fingerprint density at radius 1 is 1.00 bits per heavy atom. The molecule has 1 radical (unpaired) electrons. The lowest BCUT2D eigenvalue weighted by Crippen LogP contribution is -1.93. The van der Waals surface area contributed by atoms with Crippen molar-refractivity contribution in [1.82, 2.24) is 5.16 Å². The zero-order valence-electron chi connectivity index (χ0n) is 10.0. The van der Waals surface area contributed by atoms with Gasteiger partial charge in [-0.15, -0.1) is 0 Å². The van der Waals surface area contributed by atoms with Gasteiger partial charge in [-0.25, -0.2) is 0 Å². The fraction of sp³-hybridized carbons (Fsp3) is 0.769. The minimum atomic E-state index is 1.06. The summed E-state index contributed by atoms with van der Waals surface area (Å²) in [7, 11) is 0. The molecular weight excluding hydrogens is 186 g/mol. The predicted octanol–water partition coefficient (Wildman–Crippen LogP) is 3.94. The third kappa shape index (κ3) is 4.50. The molecule has 0 unspecified atom stereocenters. The minimum Gasteiger partial charge on any atom is -0.352 e. The fourth-order valence-electron chi connectivity index (χ4n) is 1.73. The molecule has 1 aromatic heterocycles. The van der Waals surface area contributed by atoms with Crippen molar-refractivity contribution >= 4 is 0 Å². The Bertz CT molecular complexity index is 230. The number of aryl methyl sites for hydroxylation is 2. The Hall–Kier alpha value is -0.790. The molecule has 2 nitrogen and oxygen atoms in total. The number of aromatic nitrogens is 1. The van der Waals surface area contributed by atoms with E-state index < -0.39 is 0 Å². The molecule has 0 N–H and O–H groups in total. The van der Waals surface area contributed by atoms with Crippen LogP contribution in [0.2, 0.25) is 0 Å². The first-order valence-corrected chi connectivity index (χ1v) is 6.23. The zero-order chi connectivity index (χ0) is 10.9. The Kier molecular flexibility index (Phi) is 6.14. The molecule has 85 valence electrons. The van der Waals surface area contributed by atoms with Gasteiger partial charge in [-0.05, 0) is 25.7 Å². The number of unbranched alkanes of at least 4 members (excludes halogenated alkanes) is 4. The first kappa shape index (κ1) is 12.3. The van der Waals surface area contributed by atoms with E-state index in [0.29, 0.717) is 0 Å². The third-order valence-electron chi connectivity index (χ3n) is 2.72. The van der Waals surface area contributed by atoms with E-state index in [9.17, 15) is 0 Å². The average molecular weight is 208 g/mol. The Balaban J connectivity index is 2.32. The van der Waals surface area contributed by atoms with Crippen molar-refractivity contribution in [2.45, 2.75) is 65.2 Å². The second-order valence-electron chi connectivity index (χ2n) is 4.12. The normalized spacial score (nSPS) is 10.8. The standard InChI is InChI=1S/C13H22NO/c1-3-5-7-9-12-11-15-14-13(12)10-8-6-4-2/h3-10H2,1-2H3. The highest BCUT2D eigenvalue weighted by Gasteiger charge is 2.07. The van der Waals surface area contributed by atoms with Crippen molar-refractivity contribution in [1.29, 1.82) is 0 Å². The highest BCUT2D eigenvalue weighted by Crippen LogP contribution is 2.13. The van der Waals surface area contributed by atoms with Crippen LogP contribution in [-0.2, 0) is 12.8 Å². The lowest BCUT2D eigenvalue weighted by atomic mass is 10.0. The van der Waals surface area contributed by atoms with Gasteiger partial charge in [-0.3, -0.25) is 0 Å². The summed E-state index contributed by atoms with van der Waals surface area (Å²) in [6.45, 7) is 4.44. The maximum atomic E-state index is 4.93. The van der Waals surface area contributed by atoms with Gasteiger partial charge in [0.25, 0.3) is 0 Å². The largest absolute Gasteiger partial charge is 0.352 e. The van der Waals surface area contributed by atoms with Gasteiger partial charge in [0.05, 0.1) is 5.69 Å². The molecule has 0 aliphatic carbocycles. The molecule has 1 aromatic rings. The molecular formula is C13H22NO. The highest BCUT2D eigenvalue weighted by molar-refractivity contribution is 5.13. The molecule has 2 heteroatoms. The van der Waals surface area contributed by atoms with Crippen LogP contribution >= 0.6 is 0 Å². The SMILES string of the molecule is CCCCCc1[c]onc1CCCCC. The van der Waals surface area contributed by atoms with Crippen LogP contribution in [0.15, 0.2) is 4.52 Å². The van der Waals surface area contributed by atoms with Gasteiger partial charge in [-0.1, -0.05) is 44.7 Å². The molecule has 15 heavy (non-hydrogen) atoms. The van der Waals surface area contributed by atoms with E-state index in [1.165, 1.54) is 44.1 Å². The van der Waals surface area contributed by atoms with Gasteiger partial charge in [0.2, 0.25) is 6.26 Å². The smallest absolute Gasteiger partial charge is 0.208 e. The lowest BCUT2D eigenvalue weighted by Gasteiger charge is -1.99. The van der Waals surface area contributed by atoms with Crippen molar-refractivity contribution in [3.8, 4) is 0 Å². The van der Waals surface area contributed by atoms with E-state index in [4.69, 9.17) is 4.52 Å². The van der Waals surface area contributed by atoms with E-state index in [0.717, 1.165) is 18.5 Å². The monoisotopic (exact) mass is 208 g/mol. The van der Waals surface area contributed by atoms with E-state index in [1.54, 1.807) is 0 Å². The molecule has 1 heterocycles. The molecule has 0 atom stereocenters. The number of nitrogens with zero attached hydrogens (tertiary/aromatic N) is 1. The van der Waals surface area contributed by atoms with Crippen LogP contribution in [0.5, 0.6) is 0 Å². The lowest BCUT2D eigenvalue weighted by molar-refractivity contribution is 0.403. The molecule has 0 fully saturated rings. The van der Waals surface area contributed by atoms with Gasteiger partial charge in [0, 0.05) is 5.56 Å². The first-order chi connectivity index (χ1) is 7.38. The predicted molar refractivity (Wildman–Crippen MR) is 61.8 cm³/mol. The van der Waals surface area contributed by atoms with Crippen molar-refractivity contribution in [2.24, 2.45) is 0 Å². The second kappa shape index (κ2) is 7.49. The maximum Gasteiger partial charge on any atom is 0.208 e.